The first kappa shape index (κ1) is 12.9. The van der Waals surface area contributed by atoms with Gasteiger partial charge in [-0.3, -0.25) is 4.98 Å². The molecule has 0 spiro atoms. The van der Waals surface area contributed by atoms with Crippen molar-refractivity contribution in [2.75, 3.05) is 19.5 Å². The molecule has 1 rings (SSSR count). The smallest absolute Gasteiger partial charge is 0.244 e. The third-order valence-corrected chi connectivity index (χ3v) is 3.51. The van der Waals surface area contributed by atoms with Gasteiger partial charge in [0.05, 0.1) is 12.3 Å². The van der Waals surface area contributed by atoms with Crippen molar-refractivity contribution in [1.29, 1.82) is 0 Å². The van der Waals surface area contributed by atoms with E-state index in [-0.39, 0.29) is 16.6 Å². The molecule has 1 heterocycles. The van der Waals surface area contributed by atoms with E-state index in [1.54, 1.807) is 6.92 Å². The zero-order valence-electron chi connectivity index (χ0n) is 9.17. The van der Waals surface area contributed by atoms with Gasteiger partial charge in [-0.2, -0.15) is 0 Å². The second kappa shape index (κ2) is 5.24. The van der Waals surface area contributed by atoms with Crippen LogP contribution in [-0.2, 0) is 14.8 Å². The SMILES string of the molecule is COCC(C)NS(=O)(=O)c1cnccc1N. The van der Waals surface area contributed by atoms with Gasteiger partial charge in [0.25, 0.3) is 0 Å². The van der Waals surface area contributed by atoms with E-state index in [1.807, 2.05) is 0 Å². The summed E-state index contributed by atoms with van der Waals surface area (Å²) in [6, 6.07) is 1.12. The molecule has 0 bridgehead atoms. The predicted octanol–water partition coefficient (Wildman–Crippen LogP) is -0.0230. The molecule has 16 heavy (non-hydrogen) atoms. The van der Waals surface area contributed by atoms with Crippen molar-refractivity contribution in [3.8, 4) is 0 Å². The van der Waals surface area contributed by atoms with Crippen LogP contribution in [0, 0.1) is 0 Å². The largest absolute Gasteiger partial charge is 0.398 e. The number of rotatable bonds is 5. The molecule has 3 N–H and O–H groups in total. The van der Waals surface area contributed by atoms with Gasteiger partial charge < -0.3 is 10.5 Å². The third kappa shape index (κ3) is 3.16. The van der Waals surface area contributed by atoms with E-state index < -0.39 is 10.0 Å². The van der Waals surface area contributed by atoms with E-state index in [0.29, 0.717) is 6.61 Å². The Labute approximate surface area is 94.9 Å². The molecule has 1 atom stereocenters. The van der Waals surface area contributed by atoms with Gasteiger partial charge in [-0.1, -0.05) is 0 Å². The van der Waals surface area contributed by atoms with Crippen LogP contribution >= 0.6 is 0 Å². The summed E-state index contributed by atoms with van der Waals surface area (Å²) in [6.07, 6.45) is 2.66. The highest BCUT2D eigenvalue weighted by atomic mass is 32.2. The van der Waals surface area contributed by atoms with Crippen LogP contribution in [0.3, 0.4) is 0 Å². The number of methoxy groups -OCH3 is 1. The van der Waals surface area contributed by atoms with Crippen LogP contribution in [-0.4, -0.2) is 33.2 Å². The van der Waals surface area contributed by atoms with Crippen molar-refractivity contribution >= 4 is 15.7 Å². The van der Waals surface area contributed by atoms with Crippen molar-refractivity contribution in [1.82, 2.24) is 9.71 Å². The number of aromatic nitrogens is 1. The molecule has 0 aliphatic rings. The molecule has 1 aromatic rings. The molecule has 6 nitrogen and oxygen atoms in total. The van der Waals surface area contributed by atoms with Gasteiger partial charge in [-0.15, -0.1) is 0 Å². The number of ether oxygens (including phenoxy) is 1. The maximum Gasteiger partial charge on any atom is 0.244 e. The third-order valence-electron chi connectivity index (χ3n) is 1.88. The summed E-state index contributed by atoms with van der Waals surface area (Å²) in [5, 5.41) is 0. The molecule has 1 aromatic heterocycles. The molecule has 0 aliphatic heterocycles. The Morgan fingerprint density at radius 2 is 2.31 bits per heavy atom. The molecule has 0 saturated heterocycles. The van der Waals surface area contributed by atoms with Crippen LogP contribution in [0.25, 0.3) is 0 Å². The van der Waals surface area contributed by atoms with Crippen molar-refractivity contribution in [2.45, 2.75) is 17.9 Å². The number of hydrogen-bond donors (Lipinski definition) is 2. The number of anilines is 1. The highest BCUT2D eigenvalue weighted by Gasteiger charge is 2.19. The molecular formula is C9H15N3O3S. The number of nitrogens with two attached hydrogens (primary N) is 1. The van der Waals surface area contributed by atoms with E-state index in [2.05, 4.69) is 9.71 Å². The number of pyridine rings is 1. The lowest BCUT2D eigenvalue weighted by molar-refractivity contribution is 0.180. The number of nitrogens with zero attached hydrogens (tertiary/aromatic N) is 1. The average Bonchev–Trinajstić information content (AvgIpc) is 2.17. The van der Waals surface area contributed by atoms with E-state index >= 15 is 0 Å². The normalized spacial score (nSPS) is 13.6. The lowest BCUT2D eigenvalue weighted by atomic mass is 10.4. The van der Waals surface area contributed by atoms with Crippen LogP contribution in [0.15, 0.2) is 23.4 Å². The molecule has 1 unspecified atom stereocenters. The minimum absolute atomic E-state index is 0.0158. The van der Waals surface area contributed by atoms with E-state index in [9.17, 15) is 8.42 Å². The molecule has 0 amide bonds. The summed E-state index contributed by atoms with van der Waals surface area (Å²) in [6.45, 7) is 1.99. The summed E-state index contributed by atoms with van der Waals surface area (Å²) < 4.78 is 31.0. The lowest BCUT2D eigenvalue weighted by Gasteiger charge is -2.13. The van der Waals surface area contributed by atoms with Gasteiger partial charge >= 0.3 is 0 Å². The van der Waals surface area contributed by atoms with Crippen LogP contribution < -0.4 is 10.5 Å². The second-order valence-corrected chi connectivity index (χ2v) is 5.07. The monoisotopic (exact) mass is 245 g/mol. The van der Waals surface area contributed by atoms with E-state index in [1.165, 1.54) is 25.6 Å². The Morgan fingerprint density at radius 3 is 2.88 bits per heavy atom. The molecule has 7 heteroatoms. The fourth-order valence-electron chi connectivity index (χ4n) is 1.23. The van der Waals surface area contributed by atoms with Gasteiger partial charge in [0.1, 0.15) is 4.90 Å². The maximum atomic E-state index is 11.9. The summed E-state index contributed by atoms with van der Waals surface area (Å²) >= 11 is 0. The average molecular weight is 245 g/mol. The fourth-order valence-corrected chi connectivity index (χ4v) is 2.53. The Bertz CT molecular complexity index is 447. The summed E-state index contributed by atoms with van der Waals surface area (Å²) in [7, 11) is -2.13. The van der Waals surface area contributed by atoms with Gasteiger partial charge in [0.15, 0.2) is 0 Å². The first-order chi connectivity index (χ1) is 7.47. The number of nitrogen functional groups attached to an aromatic ring is 1. The Balaban J connectivity index is 2.91. The van der Waals surface area contributed by atoms with E-state index in [4.69, 9.17) is 10.5 Å². The standard InChI is InChI=1S/C9H15N3O3S/c1-7(6-15-2)12-16(13,14)9-5-11-4-3-8(9)10/h3-5,7,12H,6H2,1-2H3,(H2,10,11). The highest BCUT2D eigenvalue weighted by molar-refractivity contribution is 7.89. The summed E-state index contributed by atoms with van der Waals surface area (Å²) in [5.41, 5.74) is 5.74. The zero-order chi connectivity index (χ0) is 12.2. The first-order valence-electron chi connectivity index (χ1n) is 4.68. The van der Waals surface area contributed by atoms with Crippen molar-refractivity contribution in [3.05, 3.63) is 18.5 Å². The molecule has 0 aromatic carbocycles. The Kier molecular flexibility index (Phi) is 4.22. The fraction of sp³-hybridized carbons (Fsp3) is 0.444. The molecule has 0 aliphatic carbocycles. The molecule has 0 saturated carbocycles. The highest BCUT2D eigenvalue weighted by Crippen LogP contribution is 2.15. The van der Waals surface area contributed by atoms with Crippen molar-refractivity contribution in [2.24, 2.45) is 0 Å². The summed E-state index contributed by atoms with van der Waals surface area (Å²) in [5.74, 6) is 0. The predicted molar refractivity (Wildman–Crippen MR) is 60.3 cm³/mol. The first-order valence-corrected chi connectivity index (χ1v) is 6.16. The van der Waals surface area contributed by atoms with Crippen LogP contribution in [0.2, 0.25) is 0 Å². The van der Waals surface area contributed by atoms with Crippen LogP contribution in [0.4, 0.5) is 5.69 Å². The molecule has 90 valence electrons. The second-order valence-electron chi connectivity index (χ2n) is 3.39. The number of sulfonamides is 1. The van der Waals surface area contributed by atoms with Crippen LogP contribution in [0.1, 0.15) is 6.92 Å². The summed E-state index contributed by atoms with van der Waals surface area (Å²) in [4.78, 5) is 3.72. The minimum Gasteiger partial charge on any atom is -0.398 e. The topological polar surface area (TPSA) is 94.3 Å². The lowest BCUT2D eigenvalue weighted by Crippen LogP contribution is -2.35. The van der Waals surface area contributed by atoms with E-state index in [0.717, 1.165) is 0 Å². The molecule has 0 radical (unpaired) electrons. The number of hydrogen-bond acceptors (Lipinski definition) is 5. The molecular weight excluding hydrogens is 230 g/mol. The Hall–Kier alpha value is -1.18. The van der Waals surface area contributed by atoms with Gasteiger partial charge in [0.2, 0.25) is 10.0 Å². The quantitative estimate of drug-likeness (QED) is 0.760. The van der Waals surface area contributed by atoms with Crippen molar-refractivity contribution < 1.29 is 13.2 Å². The van der Waals surface area contributed by atoms with Gasteiger partial charge in [0, 0.05) is 25.5 Å². The van der Waals surface area contributed by atoms with Gasteiger partial charge in [-0.05, 0) is 13.0 Å². The maximum absolute atomic E-state index is 11.9. The van der Waals surface area contributed by atoms with Gasteiger partial charge in [-0.25, -0.2) is 13.1 Å². The Morgan fingerprint density at radius 1 is 1.62 bits per heavy atom. The van der Waals surface area contributed by atoms with Crippen molar-refractivity contribution in [3.63, 3.8) is 0 Å². The van der Waals surface area contributed by atoms with Crippen LogP contribution in [0.5, 0.6) is 0 Å². The minimum atomic E-state index is -3.63. The molecule has 0 fully saturated rings. The number of nitrogens with one attached hydrogen (secondary N) is 1. The zero-order valence-corrected chi connectivity index (χ0v) is 9.99.